The normalized spacial score (nSPS) is 16.8. The molecular formula is C14H23N3O2S. The molecule has 0 spiro atoms. The minimum Gasteiger partial charge on any atom is -0.444 e. The molecule has 1 fully saturated rings. The molecule has 1 heterocycles. The summed E-state index contributed by atoms with van der Waals surface area (Å²) in [5, 5.41) is 6.36. The highest BCUT2D eigenvalue weighted by Gasteiger charge is 2.33. The molecule has 1 unspecified atom stereocenters. The second kappa shape index (κ2) is 6.54. The molecule has 0 bridgehead atoms. The topological polar surface area (TPSA) is 63.2 Å². The summed E-state index contributed by atoms with van der Waals surface area (Å²) >= 11 is 1.63. The van der Waals surface area contributed by atoms with E-state index < -0.39 is 5.60 Å². The van der Waals surface area contributed by atoms with Gasteiger partial charge < -0.3 is 15.4 Å². The molecule has 1 aromatic heterocycles. The fraction of sp³-hybridized carbons (Fsp3) is 0.714. The van der Waals surface area contributed by atoms with Gasteiger partial charge in [0.05, 0.1) is 5.51 Å². The Morgan fingerprint density at radius 2 is 2.30 bits per heavy atom. The Morgan fingerprint density at radius 3 is 2.85 bits per heavy atom. The molecule has 1 aromatic rings. The zero-order valence-corrected chi connectivity index (χ0v) is 13.1. The number of ether oxygens (including phenoxy) is 1. The summed E-state index contributed by atoms with van der Waals surface area (Å²) in [6, 6.07) is 0.151. The maximum atomic E-state index is 11.8. The molecule has 20 heavy (non-hydrogen) atoms. The van der Waals surface area contributed by atoms with Crippen LogP contribution in [-0.4, -0.2) is 29.3 Å². The van der Waals surface area contributed by atoms with Gasteiger partial charge in [-0.15, -0.1) is 11.3 Å². The van der Waals surface area contributed by atoms with Gasteiger partial charge in [-0.25, -0.2) is 4.79 Å². The van der Waals surface area contributed by atoms with Gasteiger partial charge in [-0.3, -0.25) is 4.98 Å². The van der Waals surface area contributed by atoms with Crippen LogP contribution in [0.15, 0.2) is 11.7 Å². The lowest BCUT2D eigenvalue weighted by atomic mass is 10.2. The van der Waals surface area contributed by atoms with Crippen molar-refractivity contribution in [3.63, 3.8) is 0 Å². The zero-order valence-electron chi connectivity index (χ0n) is 12.3. The Balaban J connectivity index is 1.74. The molecule has 2 N–H and O–H groups in total. The molecule has 0 aliphatic heterocycles. The molecule has 1 amide bonds. The minimum atomic E-state index is -0.450. The van der Waals surface area contributed by atoms with E-state index in [2.05, 4.69) is 15.6 Å². The number of carbonyl (C=O) groups excluding carboxylic acids is 1. The van der Waals surface area contributed by atoms with Crippen LogP contribution < -0.4 is 10.6 Å². The van der Waals surface area contributed by atoms with E-state index in [1.54, 1.807) is 11.3 Å². The molecule has 1 atom stereocenters. The third kappa shape index (κ3) is 5.46. The minimum absolute atomic E-state index is 0.151. The fourth-order valence-corrected chi connectivity index (χ4v) is 2.54. The Hall–Kier alpha value is -1.14. The molecular weight excluding hydrogens is 274 g/mol. The van der Waals surface area contributed by atoms with Crippen LogP contribution in [0.5, 0.6) is 0 Å². The number of nitrogens with one attached hydrogen (secondary N) is 2. The van der Waals surface area contributed by atoms with Gasteiger partial charge in [0.1, 0.15) is 5.60 Å². The lowest BCUT2D eigenvalue weighted by Crippen LogP contribution is -2.45. The first kappa shape index (κ1) is 15.3. The van der Waals surface area contributed by atoms with Crippen molar-refractivity contribution in [1.82, 2.24) is 15.6 Å². The number of hydrogen-bond acceptors (Lipinski definition) is 5. The third-order valence-electron chi connectivity index (χ3n) is 3.04. The van der Waals surface area contributed by atoms with Crippen molar-refractivity contribution >= 4 is 17.4 Å². The highest BCUT2D eigenvalue weighted by molar-refractivity contribution is 7.09. The maximum absolute atomic E-state index is 11.8. The summed E-state index contributed by atoms with van der Waals surface area (Å²) in [5.74, 6) is 0.580. The quantitative estimate of drug-likeness (QED) is 0.847. The first-order valence-electron chi connectivity index (χ1n) is 7.01. The molecule has 1 saturated carbocycles. The van der Waals surface area contributed by atoms with Gasteiger partial charge in [0.25, 0.3) is 0 Å². The van der Waals surface area contributed by atoms with Crippen molar-refractivity contribution in [2.75, 3.05) is 6.54 Å². The van der Waals surface area contributed by atoms with Gasteiger partial charge in [-0.05, 0) is 39.5 Å². The van der Waals surface area contributed by atoms with Crippen LogP contribution in [-0.2, 0) is 11.3 Å². The smallest absolute Gasteiger partial charge is 0.407 e. The number of aromatic nitrogens is 1. The van der Waals surface area contributed by atoms with Crippen LogP contribution in [0.4, 0.5) is 4.79 Å². The highest BCUT2D eigenvalue weighted by Crippen LogP contribution is 2.32. The molecule has 112 valence electrons. The summed E-state index contributed by atoms with van der Waals surface area (Å²) in [5.41, 5.74) is 1.38. The average Bonchev–Trinajstić information content (AvgIpc) is 3.04. The van der Waals surface area contributed by atoms with Crippen LogP contribution in [0.3, 0.4) is 0 Å². The van der Waals surface area contributed by atoms with Crippen LogP contribution in [0, 0.1) is 5.92 Å². The third-order valence-corrected chi connectivity index (χ3v) is 3.82. The summed E-state index contributed by atoms with van der Waals surface area (Å²) in [6.45, 7) is 7.19. The number of carbonyl (C=O) groups is 1. The second-order valence-corrected chi connectivity index (χ2v) is 7.16. The van der Waals surface area contributed by atoms with Gasteiger partial charge in [0, 0.05) is 30.2 Å². The first-order valence-corrected chi connectivity index (χ1v) is 7.89. The number of rotatable bonds is 6. The lowest BCUT2D eigenvalue weighted by molar-refractivity contribution is 0.0497. The lowest BCUT2D eigenvalue weighted by Gasteiger charge is -2.23. The standard InChI is InChI=1S/C14H23N3O2S/c1-14(2,3)19-13(18)17-12(10-4-5-10)8-15-6-11-7-16-9-20-11/h7,9-10,12,15H,4-6,8H2,1-3H3,(H,17,18). The first-order chi connectivity index (χ1) is 9.44. The molecule has 1 aliphatic rings. The largest absolute Gasteiger partial charge is 0.444 e. The predicted octanol–water partition coefficient (Wildman–Crippen LogP) is 2.54. The van der Waals surface area contributed by atoms with Crippen molar-refractivity contribution in [3.8, 4) is 0 Å². The maximum Gasteiger partial charge on any atom is 0.407 e. The summed E-state index contributed by atoms with van der Waals surface area (Å²) in [6.07, 6.45) is 3.91. The van der Waals surface area contributed by atoms with Crippen molar-refractivity contribution in [3.05, 3.63) is 16.6 Å². The molecule has 1 aliphatic carbocycles. The number of nitrogens with zero attached hydrogens (tertiary/aromatic N) is 1. The van der Waals surface area contributed by atoms with Crippen LogP contribution >= 0.6 is 11.3 Å². The number of alkyl carbamates (subject to hydrolysis) is 1. The summed E-state index contributed by atoms with van der Waals surface area (Å²) < 4.78 is 5.31. The molecule has 2 rings (SSSR count). The van der Waals surface area contributed by atoms with Gasteiger partial charge in [-0.1, -0.05) is 0 Å². The van der Waals surface area contributed by atoms with Crippen molar-refractivity contribution in [2.24, 2.45) is 5.92 Å². The molecule has 6 heteroatoms. The Bertz CT molecular complexity index is 424. The fourth-order valence-electron chi connectivity index (χ4n) is 1.97. The SMILES string of the molecule is CC(C)(C)OC(=O)NC(CNCc1cncs1)C1CC1. The Labute approximate surface area is 124 Å². The van der Waals surface area contributed by atoms with Crippen molar-refractivity contribution < 1.29 is 9.53 Å². The Kier molecular flexibility index (Phi) is 4.99. The average molecular weight is 297 g/mol. The highest BCUT2D eigenvalue weighted by atomic mass is 32.1. The van der Waals surface area contributed by atoms with Crippen molar-refractivity contribution in [1.29, 1.82) is 0 Å². The van der Waals surface area contributed by atoms with Gasteiger partial charge in [-0.2, -0.15) is 0 Å². The monoisotopic (exact) mass is 297 g/mol. The van der Waals surface area contributed by atoms with Crippen LogP contribution in [0.1, 0.15) is 38.5 Å². The van der Waals surface area contributed by atoms with Gasteiger partial charge >= 0.3 is 6.09 Å². The van der Waals surface area contributed by atoms with E-state index in [1.165, 1.54) is 17.7 Å². The van der Waals surface area contributed by atoms with Gasteiger partial charge in [0.2, 0.25) is 0 Å². The van der Waals surface area contributed by atoms with E-state index in [0.717, 1.165) is 13.1 Å². The van der Waals surface area contributed by atoms with Crippen LogP contribution in [0.2, 0.25) is 0 Å². The Morgan fingerprint density at radius 1 is 1.55 bits per heavy atom. The van der Waals surface area contributed by atoms with Crippen molar-refractivity contribution in [2.45, 2.75) is 51.8 Å². The van der Waals surface area contributed by atoms with E-state index in [1.807, 2.05) is 32.5 Å². The molecule has 0 aromatic carbocycles. The van der Waals surface area contributed by atoms with E-state index in [-0.39, 0.29) is 12.1 Å². The molecule has 0 saturated heterocycles. The number of hydrogen-bond donors (Lipinski definition) is 2. The van der Waals surface area contributed by atoms with E-state index in [0.29, 0.717) is 5.92 Å². The number of thiazole rings is 1. The van der Waals surface area contributed by atoms with E-state index >= 15 is 0 Å². The van der Waals surface area contributed by atoms with Crippen LogP contribution in [0.25, 0.3) is 0 Å². The molecule has 5 nitrogen and oxygen atoms in total. The van der Waals surface area contributed by atoms with Gasteiger partial charge in [0.15, 0.2) is 0 Å². The summed E-state index contributed by atoms with van der Waals surface area (Å²) in [7, 11) is 0. The number of amides is 1. The summed E-state index contributed by atoms with van der Waals surface area (Å²) in [4.78, 5) is 17.1. The zero-order chi connectivity index (χ0) is 14.6. The van der Waals surface area contributed by atoms with E-state index in [9.17, 15) is 4.79 Å². The molecule has 0 radical (unpaired) electrons. The second-order valence-electron chi connectivity index (χ2n) is 6.19. The predicted molar refractivity (Wildman–Crippen MR) is 79.7 cm³/mol. The van der Waals surface area contributed by atoms with E-state index in [4.69, 9.17) is 4.74 Å².